The Morgan fingerprint density at radius 1 is 0.960 bits per heavy atom. The molecule has 2 aromatic carbocycles. The Morgan fingerprint density at radius 2 is 1.76 bits per heavy atom. The molecule has 4 rings (SSSR count). The van der Waals surface area contributed by atoms with Gasteiger partial charge in [-0.2, -0.15) is 0 Å². The fraction of sp³-hybridized carbons (Fsp3) is 0.100. The summed E-state index contributed by atoms with van der Waals surface area (Å²) in [6.45, 7) is 4.20. The second kappa shape index (κ2) is 6.26. The van der Waals surface area contributed by atoms with E-state index in [9.17, 15) is 4.39 Å². The highest BCUT2D eigenvalue weighted by atomic mass is 32.1. The van der Waals surface area contributed by atoms with Gasteiger partial charge in [-0.3, -0.25) is 0 Å². The molecule has 0 aliphatic carbocycles. The van der Waals surface area contributed by atoms with Crippen molar-refractivity contribution in [3.63, 3.8) is 0 Å². The molecule has 124 valence electrons. The van der Waals surface area contributed by atoms with Crippen molar-refractivity contribution in [1.82, 2.24) is 9.97 Å². The van der Waals surface area contributed by atoms with Gasteiger partial charge >= 0.3 is 0 Å². The molecule has 0 aliphatic heterocycles. The largest absolute Gasteiger partial charge is 0.340 e. The number of rotatable bonds is 3. The number of aromatic nitrogens is 2. The molecule has 0 amide bonds. The van der Waals surface area contributed by atoms with Gasteiger partial charge in [0.15, 0.2) is 0 Å². The Morgan fingerprint density at radius 3 is 2.52 bits per heavy atom. The Balaban J connectivity index is 1.85. The molecule has 0 fully saturated rings. The van der Waals surface area contributed by atoms with E-state index >= 15 is 0 Å². The minimum Gasteiger partial charge on any atom is -0.340 e. The minimum atomic E-state index is -0.259. The zero-order valence-corrected chi connectivity index (χ0v) is 14.7. The van der Waals surface area contributed by atoms with E-state index in [2.05, 4.69) is 52.7 Å². The molecular formula is C20H16FN3S. The van der Waals surface area contributed by atoms with E-state index in [1.165, 1.54) is 28.8 Å². The molecule has 0 aliphatic rings. The second-order valence-electron chi connectivity index (χ2n) is 6.00. The lowest BCUT2D eigenvalue weighted by molar-refractivity contribution is 0.628. The Labute approximate surface area is 149 Å². The van der Waals surface area contributed by atoms with Crippen molar-refractivity contribution in [2.24, 2.45) is 0 Å². The number of hydrogen-bond acceptors (Lipinski definition) is 4. The highest BCUT2D eigenvalue weighted by molar-refractivity contribution is 7.17. The van der Waals surface area contributed by atoms with Gasteiger partial charge in [0, 0.05) is 16.6 Å². The molecular weight excluding hydrogens is 333 g/mol. The first kappa shape index (κ1) is 15.7. The van der Waals surface area contributed by atoms with E-state index in [0.717, 1.165) is 27.3 Å². The molecule has 0 radical (unpaired) electrons. The van der Waals surface area contributed by atoms with Crippen LogP contribution >= 0.6 is 11.3 Å². The molecule has 4 aromatic rings. The van der Waals surface area contributed by atoms with Gasteiger partial charge in [-0.25, -0.2) is 14.4 Å². The first-order chi connectivity index (χ1) is 12.1. The second-order valence-corrected chi connectivity index (χ2v) is 6.86. The molecule has 2 heterocycles. The van der Waals surface area contributed by atoms with Crippen LogP contribution < -0.4 is 5.32 Å². The number of thiophene rings is 1. The van der Waals surface area contributed by atoms with E-state index < -0.39 is 0 Å². The van der Waals surface area contributed by atoms with Crippen molar-refractivity contribution in [2.75, 3.05) is 5.32 Å². The molecule has 2 aromatic heterocycles. The van der Waals surface area contributed by atoms with Gasteiger partial charge in [-0.15, -0.1) is 11.3 Å². The lowest BCUT2D eigenvalue weighted by Gasteiger charge is -2.10. The van der Waals surface area contributed by atoms with Crippen molar-refractivity contribution in [3.05, 3.63) is 71.1 Å². The predicted molar refractivity (Wildman–Crippen MR) is 102 cm³/mol. The van der Waals surface area contributed by atoms with Crippen LogP contribution in [0.3, 0.4) is 0 Å². The number of hydrogen-bond donors (Lipinski definition) is 1. The van der Waals surface area contributed by atoms with Crippen LogP contribution in [0.5, 0.6) is 0 Å². The predicted octanol–water partition coefficient (Wildman–Crippen LogP) is 5.86. The Kier molecular flexibility index (Phi) is 3.93. The molecule has 5 heteroatoms. The van der Waals surface area contributed by atoms with Crippen LogP contribution in [0.1, 0.15) is 11.1 Å². The fourth-order valence-corrected chi connectivity index (χ4v) is 3.86. The summed E-state index contributed by atoms with van der Waals surface area (Å²) in [5, 5.41) is 6.40. The average Bonchev–Trinajstić information content (AvgIpc) is 3.02. The van der Waals surface area contributed by atoms with Crippen LogP contribution in [0.4, 0.5) is 15.9 Å². The van der Waals surface area contributed by atoms with Crippen molar-refractivity contribution in [3.8, 4) is 11.1 Å². The van der Waals surface area contributed by atoms with Crippen LogP contribution in [0.25, 0.3) is 21.3 Å². The average molecular weight is 349 g/mol. The summed E-state index contributed by atoms with van der Waals surface area (Å²) in [7, 11) is 0. The molecule has 0 saturated carbocycles. The standard InChI is InChI=1S/C20H16FN3S/c1-12-3-8-16(13(2)9-12)17-10-25-20-18(17)19(22-11-23-20)24-15-6-4-14(21)5-7-15/h3-11H,1-2H3,(H,22,23,24). The van der Waals surface area contributed by atoms with E-state index in [-0.39, 0.29) is 5.82 Å². The maximum atomic E-state index is 13.1. The van der Waals surface area contributed by atoms with Gasteiger partial charge in [0.25, 0.3) is 0 Å². The maximum absolute atomic E-state index is 13.1. The van der Waals surface area contributed by atoms with Crippen molar-refractivity contribution in [1.29, 1.82) is 0 Å². The summed E-state index contributed by atoms with van der Waals surface area (Å²) >= 11 is 1.60. The number of halogens is 1. The number of nitrogens with zero attached hydrogens (tertiary/aromatic N) is 2. The van der Waals surface area contributed by atoms with Gasteiger partial charge in [-0.05, 0) is 49.2 Å². The third-order valence-electron chi connectivity index (χ3n) is 4.15. The number of benzene rings is 2. The third kappa shape index (κ3) is 2.98. The fourth-order valence-electron chi connectivity index (χ4n) is 2.95. The van der Waals surface area contributed by atoms with E-state index in [0.29, 0.717) is 0 Å². The number of fused-ring (bicyclic) bond motifs is 1. The molecule has 25 heavy (non-hydrogen) atoms. The van der Waals surface area contributed by atoms with Crippen LogP contribution in [-0.2, 0) is 0 Å². The number of nitrogens with one attached hydrogen (secondary N) is 1. The van der Waals surface area contributed by atoms with Crippen LogP contribution in [0.15, 0.2) is 54.2 Å². The van der Waals surface area contributed by atoms with Gasteiger partial charge < -0.3 is 5.32 Å². The summed E-state index contributed by atoms with van der Waals surface area (Å²) in [5.41, 5.74) is 5.54. The number of aryl methyl sites for hydroxylation is 2. The number of anilines is 2. The van der Waals surface area contributed by atoms with Gasteiger partial charge in [-0.1, -0.05) is 23.8 Å². The van der Waals surface area contributed by atoms with E-state index in [1.807, 2.05) is 0 Å². The Hall–Kier alpha value is -2.79. The lowest BCUT2D eigenvalue weighted by atomic mass is 9.99. The summed E-state index contributed by atoms with van der Waals surface area (Å²) < 4.78 is 13.1. The van der Waals surface area contributed by atoms with Gasteiger partial charge in [0.1, 0.15) is 22.8 Å². The third-order valence-corrected chi connectivity index (χ3v) is 5.04. The summed E-state index contributed by atoms with van der Waals surface area (Å²) in [6.07, 6.45) is 1.55. The molecule has 1 N–H and O–H groups in total. The zero-order chi connectivity index (χ0) is 17.4. The monoisotopic (exact) mass is 349 g/mol. The zero-order valence-electron chi connectivity index (χ0n) is 13.9. The molecule has 3 nitrogen and oxygen atoms in total. The van der Waals surface area contributed by atoms with Crippen molar-refractivity contribution < 1.29 is 4.39 Å². The normalized spacial score (nSPS) is 11.0. The van der Waals surface area contributed by atoms with Crippen LogP contribution in [-0.4, -0.2) is 9.97 Å². The topological polar surface area (TPSA) is 37.8 Å². The Bertz CT molecular complexity index is 1050. The molecule has 0 saturated heterocycles. The first-order valence-corrected chi connectivity index (χ1v) is 8.82. The smallest absolute Gasteiger partial charge is 0.143 e. The lowest BCUT2D eigenvalue weighted by Crippen LogP contribution is -1.96. The minimum absolute atomic E-state index is 0.259. The summed E-state index contributed by atoms with van der Waals surface area (Å²) in [6, 6.07) is 12.7. The van der Waals surface area contributed by atoms with E-state index in [1.54, 1.807) is 29.8 Å². The van der Waals surface area contributed by atoms with Crippen molar-refractivity contribution in [2.45, 2.75) is 13.8 Å². The first-order valence-electron chi connectivity index (χ1n) is 7.94. The van der Waals surface area contributed by atoms with Crippen LogP contribution in [0, 0.1) is 19.7 Å². The van der Waals surface area contributed by atoms with E-state index in [4.69, 9.17) is 0 Å². The van der Waals surface area contributed by atoms with Crippen LogP contribution in [0.2, 0.25) is 0 Å². The summed E-state index contributed by atoms with van der Waals surface area (Å²) in [5.74, 6) is 0.470. The summed E-state index contributed by atoms with van der Waals surface area (Å²) in [4.78, 5) is 9.74. The molecule has 0 atom stereocenters. The maximum Gasteiger partial charge on any atom is 0.143 e. The SMILES string of the molecule is Cc1ccc(-c2csc3ncnc(Nc4ccc(F)cc4)c23)c(C)c1. The molecule has 0 spiro atoms. The quantitative estimate of drug-likeness (QED) is 0.503. The molecule has 0 bridgehead atoms. The highest BCUT2D eigenvalue weighted by Crippen LogP contribution is 2.38. The molecule has 0 unspecified atom stereocenters. The van der Waals surface area contributed by atoms with Crippen molar-refractivity contribution >= 4 is 33.1 Å². The van der Waals surface area contributed by atoms with Gasteiger partial charge in [0.05, 0.1) is 5.39 Å². The van der Waals surface area contributed by atoms with Gasteiger partial charge in [0.2, 0.25) is 0 Å². The highest BCUT2D eigenvalue weighted by Gasteiger charge is 2.14.